The van der Waals surface area contributed by atoms with E-state index in [9.17, 15) is 0 Å². The highest BCUT2D eigenvalue weighted by Crippen LogP contribution is 2.23. The first-order valence-corrected chi connectivity index (χ1v) is 5.96. The predicted octanol–water partition coefficient (Wildman–Crippen LogP) is 2.72. The van der Waals surface area contributed by atoms with Crippen LogP contribution in [0.4, 0.5) is 5.82 Å². The predicted molar refractivity (Wildman–Crippen MR) is 61.9 cm³/mol. The van der Waals surface area contributed by atoms with Gasteiger partial charge in [-0.15, -0.1) is 11.8 Å². The Hall–Kier alpha value is -0.770. The van der Waals surface area contributed by atoms with Gasteiger partial charge in [0, 0.05) is 12.1 Å². The van der Waals surface area contributed by atoms with Crippen molar-refractivity contribution in [2.75, 3.05) is 17.6 Å². The van der Waals surface area contributed by atoms with Crippen molar-refractivity contribution < 1.29 is 0 Å². The normalized spacial score (nSPS) is 10.2. The van der Waals surface area contributed by atoms with Crippen LogP contribution in [0.1, 0.15) is 25.8 Å². The third kappa shape index (κ3) is 2.87. The standard InChI is InChI=1S/C10H17N3S/c1-4-6-11-9-8(3)10(14-5-2)13-7-12-9/h7H,4-6H2,1-3H3,(H,11,12,13). The topological polar surface area (TPSA) is 37.8 Å². The van der Waals surface area contributed by atoms with Gasteiger partial charge in [-0.2, -0.15) is 0 Å². The van der Waals surface area contributed by atoms with Crippen LogP contribution in [0, 0.1) is 6.92 Å². The van der Waals surface area contributed by atoms with Crippen molar-refractivity contribution in [3.63, 3.8) is 0 Å². The van der Waals surface area contributed by atoms with Crippen molar-refractivity contribution in [2.45, 2.75) is 32.2 Å². The molecule has 1 N–H and O–H groups in total. The molecule has 0 spiro atoms. The van der Waals surface area contributed by atoms with E-state index in [0.29, 0.717) is 0 Å². The van der Waals surface area contributed by atoms with Gasteiger partial charge < -0.3 is 5.32 Å². The van der Waals surface area contributed by atoms with E-state index in [4.69, 9.17) is 0 Å². The number of aromatic nitrogens is 2. The van der Waals surface area contributed by atoms with E-state index < -0.39 is 0 Å². The summed E-state index contributed by atoms with van der Waals surface area (Å²) in [5, 5.41) is 4.38. The molecule has 78 valence electrons. The van der Waals surface area contributed by atoms with E-state index in [1.807, 2.05) is 0 Å². The molecule has 3 nitrogen and oxygen atoms in total. The number of anilines is 1. The van der Waals surface area contributed by atoms with Crippen LogP contribution < -0.4 is 5.32 Å². The van der Waals surface area contributed by atoms with Gasteiger partial charge in [0.25, 0.3) is 0 Å². The van der Waals surface area contributed by atoms with E-state index in [0.717, 1.165) is 35.1 Å². The molecule has 0 fully saturated rings. The van der Waals surface area contributed by atoms with Crippen LogP contribution >= 0.6 is 11.8 Å². The molecule has 1 rings (SSSR count). The van der Waals surface area contributed by atoms with Crippen LogP contribution in [0.25, 0.3) is 0 Å². The molecule has 1 aromatic heterocycles. The third-order valence-electron chi connectivity index (χ3n) is 1.86. The Balaban J connectivity index is 2.78. The lowest BCUT2D eigenvalue weighted by Gasteiger charge is -2.09. The Bertz CT molecular complexity index is 289. The summed E-state index contributed by atoms with van der Waals surface area (Å²) in [5.41, 5.74) is 1.16. The van der Waals surface area contributed by atoms with Crippen molar-refractivity contribution in [2.24, 2.45) is 0 Å². The molecule has 0 aliphatic heterocycles. The van der Waals surface area contributed by atoms with Crippen molar-refractivity contribution in [1.82, 2.24) is 9.97 Å². The molecule has 0 bridgehead atoms. The average Bonchev–Trinajstić information content (AvgIpc) is 2.20. The summed E-state index contributed by atoms with van der Waals surface area (Å²) in [6.45, 7) is 7.31. The fourth-order valence-electron chi connectivity index (χ4n) is 1.14. The molecule has 1 heterocycles. The first kappa shape index (κ1) is 11.3. The molecule has 0 radical (unpaired) electrons. The summed E-state index contributed by atoms with van der Waals surface area (Å²) in [5.74, 6) is 2.02. The Morgan fingerprint density at radius 2 is 2.14 bits per heavy atom. The van der Waals surface area contributed by atoms with Gasteiger partial charge in [0.1, 0.15) is 17.2 Å². The van der Waals surface area contributed by atoms with Crippen LogP contribution in [0.5, 0.6) is 0 Å². The van der Waals surface area contributed by atoms with Crippen molar-refractivity contribution in [1.29, 1.82) is 0 Å². The van der Waals surface area contributed by atoms with Crippen LogP contribution in [-0.4, -0.2) is 22.3 Å². The van der Waals surface area contributed by atoms with Crippen molar-refractivity contribution >= 4 is 17.6 Å². The second kappa shape index (κ2) is 5.86. The SMILES string of the molecule is CCCNc1ncnc(SCC)c1C. The highest BCUT2D eigenvalue weighted by atomic mass is 32.2. The second-order valence-corrected chi connectivity index (χ2v) is 4.26. The number of hydrogen-bond donors (Lipinski definition) is 1. The molecule has 1 aromatic rings. The Morgan fingerprint density at radius 3 is 2.79 bits per heavy atom. The maximum Gasteiger partial charge on any atom is 0.133 e. The Morgan fingerprint density at radius 1 is 1.36 bits per heavy atom. The van der Waals surface area contributed by atoms with Gasteiger partial charge in [0.05, 0.1) is 0 Å². The van der Waals surface area contributed by atoms with Gasteiger partial charge in [-0.25, -0.2) is 9.97 Å². The summed E-state index contributed by atoms with van der Waals surface area (Å²) in [6.07, 6.45) is 2.74. The molecule has 0 aromatic carbocycles. The van der Waals surface area contributed by atoms with Gasteiger partial charge in [-0.05, 0) is 19.1 Å². The molecular formula is C10H17N3S. The van der Waals surface area contributed by atoms with Gasteiger partial charge in [-0.3, -0.25) is 0 Å². The number of nitrogens with one attached hydrogen (secondary N) is 1. The van der Waals surface area contributed by atoms with Gasteiger partial charge in [0.15, 0.2) is 0 Å². The number of rotatable bonds is 5. The molecule has 0 aliphatic rings. The summed E-state index contributed by atoms with van der Waals surface area (Å²) >= 11 is 1.76. The van der Waals surface area contributed by atoms with Gasteiger partial charge in [0.2, 0.25) is 0 Å². The molecule has 0 saturated carbocycles. The van der Waals surface area contributed by atoms with E-state index in [1.54, 1.807) is 18.1 Å². The van der Waals surface area contributed by atoms with E-state index in [-0.39, 0.29) is 0 Å². The largest absolute Gasteiger partial charge is 0.370 e. The van der Waals surface area contributed by atoms with E-state index in [2.05, 4.69) is 36.1 Å². The Kier molecular flexibility index (Phi) is 4.73. The molecule has 14 heavy (non-hydrogen) atoms. The minimum Gasteiger partial charge on any atom is -0.370 e. The lowest BCUT2D eigenvalue weighted by atomic mass is 10.3. The maximum atomic E-state index is 4.25. The van der Waals surface area contributed by atoms with Crippen LogP contribution in [-0.2, 0) is 0 Å². The van der Waals surface area contributed by atoms with Crippen LogP contribution in [0.2, 0.25) is 0 Å². The summed E-state index contributed by atoms with van der Waals surface area (Å²) in [4.78, 5) is 8.47. The second-order valence-electron chi connectivity index (χ2n) is 3.01. The highest BCUT2D eigenvalue weighted by molar-refractivity contribution is 7.99. The quantitative estimate of drug-likeness (QED) is 0.600. The molecule has 0 amide bonds. The zero-order chi connectivity index (χ0) is 10.4. The van der Waals surface area contributed by atoms with E-state index >= 15 is 0 Å². The average molecular weight is 211 g/mol. The minimum absolute atomic E-state index is 0.966. The first-order chi connectivity index (χ1) is 6.79. The lowest BCUT2D eigenvalue weighted by Crippen LogP contribution is -2.05. The molecular weight excluding hydrogens is 194 g/mol. The monoisotopic (exact) mass is 211 g/mol. The zero-order valence-electron chi connectivity index (χ0n) is 9.00. The fraction of sp³-hybridized carbons (Fsp3) is 0.600. The van der Waals surface area contributed by atoms with Gasteiger partial charge in [-0.1, -0.05) is 13.8 Å². The van der Waals surface area contributed by atoms with Crippen LogP contribution in [0.15, 0.2) is 11.4 Å². The summed E-state index contributed by atoms with van der Waals surface area (Å²) in [7, 11) is 0. The maximum absolute atomic E-state index is 4.25. The fourth-order valence-corrected chi connectivity index (χ4v) is 1.85. The zero-order valence-corrected chi connectivity index (χ0v) is 9.82. The number of hydrogen-bond acceptors (Lipinski definition) is 4. The van der Waals surface area contributed by atoms with Gasteiger partial charge >= 0.3 is 0 Å². The van der Waals surface area contributed by atoms with Crippen molar-refractivity contribution in [3.05, 3.63) is 11.9 Å². The molecule has 0 aliphatic carbocycles. The molecule has 0 unspecified atom stereocenters. The number of thioether (sulfide) groups is 1. The van der Waals surface area contributed by atoms with Crippen molar-refractivity contribution in [3.8, 4) is 0 Å². The molecule has 0 saturated heterocycles. The van der Waals surface area contributed by atoms with Crippen LogP contribution in [0.3, 0.4) is 0 Å². The third-order valence-corrected chi connectivity index (χ3v) is 2.84. The lowest BCUT2D eigenvalue weighted by molar-refractivity contribution is 0.938. The highest BCUT2D eigenvalue weighted by Gasteiger charge is 2.05. The molecule has 0 atom stereocenters. The van der Waals surface area contributed by atoms with E-state index in [1.165, 1.54) is 0 Å². The smallest absolute Gasteiger partial charge is 0.133 e. The first-order valence-electron chi connectivity index (χ1n) is 4.97. The Labute approximate surface area is 89.7 Å². The minimum atomic E-state index is 0.966. The summed E-state index contributed by atoms with van der Waals surface area (Å²) < 4.78 is 0. The number of nitrogens with zero attached hydrogens (tertiary/aromatic N) is 2. The summed E-state index contributed by atoms with van der Waals surface area (Å²) in [6, 6.07) is 0. The molecule has 4 heteroatoms.